The molecule has 54 heavy (non-hydrogen) atoms. The number of carbonyl (C=O) groups excluding carboxylic acids is 4. The van der Waals surface area contributed by atoms with Gasteiger partial charge in [0.2, 0.25) is 5.91 Å². The number of aliphatic carboxylic acids is 1. The number of benzene rings is 2. The second-order valence-corrected chi connectivity index (χ2v) is 14.7. The third kappa shape index (κ3) is 9.73. The fourth-order valence-corrected chi connectivity index (χ4v) is 7.94. The largest absolute Gasteiger partial charge is 0.481 e. The van der Waals surface area contributed by atoms with Crippen LogP contribution in [0.4, 0.5) is 9.80 Å². The van der Waals surface area contributed by atoms with E-state index in [0.29, 0.717) is 59.3 Å². The fourth-order valence-electron chi connectivity index (χ4n) is 6.56. The van der Waals surface area contributed by atoms with Crippen LogP contribution in [0.3, 0.4) is 0 Å². The quantitative estimate of drug-likeness (QED) is 0.121. The van der Waals surface area contributed by atoms with Crippen LogP contribution in [0.5, 0.6) is 0 Å². The number of carbonyl (C=O) groups is 5. The number of carboxylic acid groups (broad SMARTS) is 1. The molecule has 0 unspecified atom stereocenters. The molecule has 3 amide bonds. The van der Waals surface area contributed by atoms with Crippen molar-refractivity contribution in [2.45, 2.75) is 65.1 Å². The summed E-state index contributed by atoms with van der Waals surface area (Å²) in [5.74, 6) is -1.91. The Morgan fingerprint density at radius 3 is 2.46 bits per heavy atom. The lowest BCUT2D eigenvalue weighted by Gasteiger charge is -2.32. The van der Waals surface area contributed by atoms with Crippen molar-refractivity contribution in [1.29, 1.82) is 0 Å². The summed E-state index contributed by atoms with van der Waals surface area (Å²) in [5, 5.41) is 17.4. The van der Waals surface area contributed by atoms with Crippen LogP contribution in [0.2, 0.25) is 5.02 Å². The first kappa shape index (κ1) is 40.1. The number of methoxy groups -OCH3 is 1. The van der Waals surface area contributed by atoms with Gasteiger partial charge in [0.15, 0.2) is 5.78 Å². The molecule has 0 bridgehead atoms. The van der Waals surface area contributed by atoms with Crippen LogP contribution >= 0.6 is 22.9 Å². The highest BCUT2D eigenvalue weighted by Crippen LogP contribution is 2.39. The highest BCUT2D eigenvalue weighted by Gasteiger charge is 2.32. The molecule has 2 N–H and O–H groups in total. The number of hydrogen-bond acceptors (Lipinski definition) is 9. The number of thiophene rings is 1. The molecule has 1 aliphatic rings. The standard InChI is InChI=1S/C39H45ClN6O7S/c1-5-29(6-2)44(19-18-43(3)33(47)14-15-34(48)49)22-25-8-7-9-26(20-25)37(51)42-38-35(31-16-17-45(39(52)53-4)24-32(31)54-38)36(50)27-21-41-46(23-27)30-12-10-28(40)11-13-30/h7-13,20-21,23,29H,5-6,14-19,22,24H2,1-4H3,(H,42,51)(H,48,49). The molecule has 0 radical (unpaired) electrons. The van der Waals surface area contributed by atoms with Crippen molar-refractivity contribution < 1.29 is 33.8 Å². The van der Waals surface area contributed by atoms with E-state index < -0.39 is 12.1 Å². The minimum Gasteiger partial charge on any atom is -0.481 e. The van der Waals surface area contributed by atoms with Crippen molar-refractivity contribution in [2.24, 2.45) is 0 Å². The van der Waals surface area contributed by atoms with E-state index in [1.165, 1.54) is 24.6 Å². The molecule has 286 valence electrons. The fraction of sp³-hybridized carbons (Fsp3) is 0.385. The van der Waals surface area contributed by atoms with Crippen LogP contribution in [-0.2, 0) is 33.8 Å². The lowest BCUT2D eigenvalue weighted by atomic mass is 9.97. The molecule has 0 saturated heterocycles. The number of amides is 3. The zero-order valence-corrected chi connectivity index (χ0v) is 32.4. The Hall–Kier alpha value is -5.05. The topological polar surface area (TPSA) is 154 Å². The Morgan fingerprint density at radius 2 is 1.78 bits per heavy atom. The number of halogens is 1. The zero-order valence-electron chi connectivity index (χ0n) is 30.8. The van der Waals surface area contributed by atoms with Crippen molar-refractivity contribution in [3.05, 3.63) is 98.6 Å². The highest BCUT2D eigenvalue weighted by molar-refractivity contribution is 7.17. The number of ether oxygens (including phenoxy) is 1. The van der Waals surface area contributed by atoms with E-state index in [1.54, 1.807) is 58.1 Å². The first-order chi connectivity index (χ1) is 25.9. The van der Waals surface area contributed by atoms with E-state index >= 15 is 0 Å². The van der Waals surface area contributed by atoms with Gasteiger partial charge in [-0.15, -0.1) is 11.3 Å². The number of aromatic nitrogens is 2. The number of ketones is 1. The SMILES string of the molecule is CCC(CC)N(CCN(C)C(=O)CCC(=O)O)Cc1cccc(C(=O)Nc2sc3c(c2C(=O)c2cnn(-c4ccc(Cl)cc4)c2)CCN(C(=O)OC)C3)c1. The van der Waals surface area contributed by atoms with Crippen molar-refractivity contribution in [3.63, 3.8) is 0 Å². The normalized spacial score (nSPS) is 12.5. The maximum atomic E-state index is 14.2. The maximum absolute atomic E-state index is 14.2. The predicted octanol–water partition coefficient (Wildman–Crippen LogP) is 6.51. The Morgan fingerprint density at radius 1 is 1.04 bits per heavy atom. The second-order valence-electron chi connectivity index (χ2n) is 13.1. The Kier molecular flexibility index (Phi) is 13.6. The van der Waals surface area contributed by atoms with E-state index in [9.17, 15) is 24.0 Å². The van der Waals surface area contributed by atoms with E-state index in [4.69, 9.17) is 21.4 Å². The molecule has 0 saturated carbocycles. The van der Waals surface area contributed by atoms with Crippen LogP contribution in [0, 0.1) is 0 Å². The second kappa shape index (κ2) is 18.3. The Balaban J connectivity index is 1.38. The lowest BCUT2D eigenvalue weighted by Crippen LogP contribution is -2.41. The summed E-state index contributed by atoms with van der Waals surface area (Å²) in [5.41, 5.74) is 3.54. The molecule has 2 aromatic carbocycles. The van der Waals surface area contributed by atoms with Gasteiger partial charge in [0.25, 0.3) is 5.91 Å². The number of nitrogens with zero attached hydrogens (tertiary/aromatic N) is 5. The molecule has 0 fully saturated rings. The van der Waals surface area contributed by atoms with Gasteiger partial charge in [0.05, 0.1) is 43.1 Å². The number of rotatable bonds is 16. The summed E-state index contributed by atoms with van der Waals surface area (Å²) in [4.78, 5) is 70.2. The number of anilines is 1. The first-order valence-electron chi connectivity index (χ1n) is 17.8. The summed E-state index contributed by atoms with van der Waals surface area (Å²) in [6.07, 6.45) is 4.60. The van der Waals surface area contributed by atoms with E-state index in [-0.39, 0.29) is 43.0 Å². The molecular weight excluding hydrogens is 732 g/mol. The minimum absolute atomic E-state index is 0.0505. The van der Waals surface area contributed by atoms with Crippen molar-refractivity contribution in [1.82, 2.24) is 24.5 Å². The van der Waals surface area contributed by atoms with Crippen LogP contribution in [0.15, 0.2) is 60.9 Å². The summed E-state index contributed by atoms with van der Waals surface area (Å²) < 4.78 is 6.54. The summed E-state index contributed by atoms with van der Waals surface area (Å²) in [6.45, 7) is 6.35. The monoisotopic (exact) mass is 776 g/mol. The molecule has 0 spiro atoms. The molecule has 4 aromatic rings. The molecule has 15 heteroatoms. The Bertz CT molecular complexity index is 1990. The summed E-state index contributed by atoms with van der Waals surface area (Å²) in [7, 11) is 3.01. The summed E-state index contributed by atoms with van der Waals surface area (Å²) >= 11 is 7.33. The maximum Gasteiger partial charge on any atom is 0.409 e. The molecule has 0 aliphatic carbocycles. The van der Waals surface area contributed by atoms with Crippen LogP contribution in [-0.4, -0.2) is 99.1 Å². The van der Waals surface area contributed by atoms with Gasteiger partial charge in [0, 0.05) is 67.3 Å². The van der Waals surface area contributed by atoms with E-state index in [1.807, 2.05) is 18.2 Å². The third-order valence-corrected chi connectivity index (χ3v) is 11.0. The number of likely N-dealkylation sites (N-methyl/N-ethyl adjacent to an activating group) is 1. The van der Waals surface area contributed by atoms with Gasteiger partial charge in [-0.1, -0.05) is 37.6 Å². The van der Waals surface area contributed by atoms with Gasteiger partial charge in [-0.05, 0) is 66.8 Å². The van der Waals surface area contributed by atoms with Crippen LogP contribution < -0.4 is 5.32 Å². The van der Waals surface area contributed by atoms with E-state index in [0.717, 1.165) is 34.5 Å². The molecule has 13 nitrogen and oxygen atoms in total. The predicted molar refractivity (Wildman–Crippen MR) is 207 cm³/mol. The molecule has 1 aliphatic heterocycles. The lowest BCUT2D eigenvalue weighted by molar-refractivity contribution is -0.140. The van der Waals surface area contributed by atoms with Gasteiger partial charge >= 0.3 is 12.1 Å². The van der Waals surface area contributed by atoms with Gasteiger partial charge in [-0.2, -0.15) is 5.10 Å². The molecule has 5 rings (SSSR count). The number of hydrogen-bond donors (Lipinski definition) is 2. The Labute approximate surface area is 323 Å². The zero-order chi connectivity index (χ0) is 38.9. The van der Waals surface area contributed by atoms with Gasteiger partial charge in [0.1, 0.15) is 5.00 Å². The molecular formula is C39H45ClN6O7S. The third-order valence-electron chi connectivity index (χ3n) is 9.61. The highest BCUT2D eigenvalue weighted by atomic mass is 35.5. The molecule has 0 atom stereocenters. The average molecular weight is 777 g/mol. The van der Waals surface area contributed by atoms with E-state index in [2.05, 4.69) is 29.2 Å². The van der Waals surface area contributed by atoms with Gasteiger partial charge < -0.3 is 25.0 Å². The van der Waals surface area contributed by atoms with Crippen molar-refractivity contribution in [2.75, 3.05) is 39.1 Å². The van der Waals surface area contributed by atoms with Crippen LogP contribution in [0.25, 0.3) is 5.69 Å². The first-order valence-corrected chi connectivity index (χ1v) is 19.0. The van der Waals surface area contributed by atoms with Gasteiger partial charge in [-0.25, -0.2) is 9.48 Å². The smallest absolute Gasteiger partial charge is 0.409 e. The summed E-state index contributed by atoms with van der Waals surface area (Å²) in [6, 6.07) is 14.6. The molecule has 3 heterocycles. The number of nitrogens with one attached hydrogen (secondary N) is 1. The van der Waals surface area contributed by atoms with Crippen LogP contribution in [0.1, 0.15) is 81.8 Å². The molecule has 2 aromatic heterocycles. The average Bonchev–Trinajstić information content (AvgIpc) is 3.81. The van der Waals surface area contributed by atoms with Crippen molar-refractivity contribution >= 4 is 57.6 Å². The number of fused-ring (bicyclic) bond motifs is 1. The van der Waals surface area contributed by atoms with Gasteiger partial charge in [-0.3, -0.25) is 24.1 Å². The van der Waals surface area contributed by atoms with Crippen molar-refractivity contribution in [3.8, 4) is 5.69 Å². The number of carboxylic acids is 1. The minimum atomic E-state index is -1.01.